The van der Waals surface area contributed by atoms with Gasteiger partial charge in [0.25, 0.3) is 0 Å². The third-order valence-electron chi connectivity index (χ3n) is 7.54. The SMILES string of the molecule is C=C(OOC(C)(C)c1ccc(C(C)C)cc1)C(=O)OC(C)OC(C)OC(=O)OC(C)OC(C)OC(=O)C(=C)OOC(C)(C)c1ccc(C(C)C)cc1. The number of benzene rings is 2. The number of carbonyl (C=O) groups excluding carboxylic acids is 3. The highest BCUT2D eigenvalue weighted by Crippen LogP contribution is 2.29. The molecule has 2 rings (SSSR count). The minimum absolute atomic E-state index is 0.379. The van der Waals surface area contributed by atoms with Crippen LogP contribution in [-0.4, -0.2) is 43.3 Å². The average Bonchev–Trinajstić information content (AvgIpc) is 3.05. The summed E-state index contributed by atoms with van der Waals surface area (Å²) in [5.74, 6) is -2.00. The van der Waals surface area contributed by atoms with Crippen molar-refractivity contribution in [3.63, 3.8) is 0 Å². The van der Waals surface area contributed by atoms with E-state index in [0.29, 0.717) is 11.8 Å². The van der Waals surface area contributed by atoms with E-state index in [1.165, 1.54) is 38.8 Å². The normalized spacial score (nSPS) is 14.1. The molecule has 288 valence electrons. The van der Waals surface area contributed by atoms with E-state index in [9.17, 15) is 14.4 Å². The molecular weight excluding hydrogens is 676 g/mol. The van der Waals surface area contributed by atoms with Crippen molar-refractivity contribution >= 4 is 18.1 Å². The zero-order valence-electron chi connectivity index (χ0n) is 32.3. The zero-order valence-corrected chi connectivity index (χ0v) is 32.3. The fraction of sp³-hybridized carbons (Fsp3) is 0.513. The Bertz CT molecular complexity index is 1380. The predicted molar refractivity (Wildman–Crippen MR) is 190 cm³/mol. The van der Waals surface area contributed by atoms with E-state index in [1.807, 2.05) is 48.5 Å². The molecule has 0 bridgehead atoms. The second-order valence-electron chi connectivity index (χ2n) is 13.6. The van der Waals surface area contributed by atoms with Crippen molar-refractivity contribution in [2.75, 3.05) is 0 Å². The van der Waals surface area contributed by atoms with Crippen LogP contribution >= 0.6 is 0 Å². The second kappa shape index (κ2) is 19.4. The molecule has 0 N–H and O–H groups in total. The standard InChI is InChI=1S/C39H54O13/c1-23(2)31-15-19-33(20-16-31)38(11,12)51-49-25(5)35(40)45-27(7)43-29(9)47-37(42)48-30(10)44-28(8)46-36(41)26(6)50-52-39(13,14)34-21-17-32(18-22-34)24(3)4/h15-24,27-30H,5-6H2,1-4,7-14H3. The summed E-state index contributed by atoms with van der Waals surface area (Å²) in [6.07, 6.45) is -5.97. The maximum absolute atomic E-state index is 12.5. The van der Waals surface area contributed by atoms with Crippen LogP contribution < -0.4 is 0 Å². The third-order valence-corrected chi connectivity index (χ3v) is 7.54. The Kier molecular flexibility index (Phi) is 16.3. The Morgan fingerprint density at radius 3 is 1.08 bits per heavy atom. The molecule has 0 fully saturated rings. The molecule has 52 heavy (non-hydrogen) atoms. The smallest absolute Gasteiger partial charge is 0.430 e. The molecular formula is C39H54O13. The summed E-state index contributed by atoms with van der Waals surface area (Å²) in [4.78, 5) is 58.4. The molecule has 0 aliphatic carbocycles. The highest BCUT2D eigenvalue weighted by Gasteiger charge is 2.29. The van der Waals surface area contributed by atoms with Gasteiger partial charge in [-0.1, -0.05) is 76.2 Å². The molecule has 0 aliphatic rings. The fourth-order valence-electron chi connectivity index (χ4n) is 4.39. The van der Waals surface area contributed by atoms with Crippen LogP contribution in [0.15, 0.2) is 73.2 Å². The average molecular weight is 731 g/mol. The summed E-state index contributed by atoms with van der Waals surface area (Å²) in [5, 5.41) is 0. The number of hydrogen-bond acceptors (Lipinski definition) is 13. The molecule has 0 radical (unpaired) electrons. The number of esters is 2. The van der Waals surface area contributed by atoms with Gasteiger partial charge in [0.2, 0.25) is 36.7 Å². The zero-order chi connectivity index (χ0) is 39.4. The minimum atomic E-state index is -1.21. The molecule has 0 saturated heterocycles. The van der Waals surface area contributed by atoms with E-state index in [-0.39, 0.29) is 0 Å². The summed E-state index contributed by atoms with van der Waals surface area (Å²) in [6.45, 7) is 28.1. The van der Waals surface area contributed by atoms with Crippen molar-refractivity contribution < 1.29 is 62.4 Å². The lowest BCUT2D eigenvalue weighted by Crippen LogP contribution is -2.31. The number of hydrogen-bond donors (Lipinski definition) is 0. The summed E-state index contributed by atoms with van der Waals surface area (Å²) < 4.78 is 31.1. The van der Waals surface area contributed by atoms with Gasteiger partial charge in [0, 0.05) is 0 Å². The van der Waals surface area contributed by atoms with Crippen LogP contribution in [0.25, 0.3) is 0 Å². The summed E-state index contributed by atoms with van der Waals surface area (Å²) in [5.41, 5.74) is 2.20. The first-order chi connectivity index (χ1) is 24.1. The van der Waals surface area contributed by atoms with Crippen molar-refractivity contribution in [1.82, 2.24) is 0 Å². The van der Waals surface area contributed by atoms with E-state index in [4.69, 9.17) is 48.0 Å². The van der Waals surface area contributed by atoms with Gasteiger partial charge in [-0.25, -0.2) is 14.4 Å². The van der Waals surface area contributed by atoms with E-state index < -0.39 is 66.0 Å². The van der Waals surface area contributed by atoms with Gasteiger partial charge in [-0.2, -0.15) is 9.78 Å². The van der Waals surface area contributed by atoms with Gasteiger partial charge >= 0.3 is 18.1 Å². The summed E-state index contributed by atoms with van der Waals surface area (Å²) in [7, 11) is 0. The van der Waals surface area contributed by atoms with E-state index in [2.05, 4.69) is 40.9 Å². The summed E-state index contributed by atoms with van der Waals surface area (Å²) in [6, 6.07) is 15.7. The Hall–Kier alpha value is -4.43. The largest absolute Gasteiger partial charge is 0.512 e. The Labute approximate surface area is 306 Å². The first-order valence-electron chi connectivity index (χ1n) is 17.0. The first kappa shape index (κ1) is 43.7. The van der Waals surface area contributed by atoms with Crippen LogP contribution in [0.4, 0.5) is 4.79 Å². The highest BCUT2D eigenvalue weighted by molar-refractivity contribution is 5.85. The van der Waals surface area contributed by atoms with Crippen LogP contribution in [0, 0.1) is 0 Å². The molecule has 13 heteroatoms. The Morgan fingerprint density at radius 2 is 0.788 bits per heavy atom. The second-order valence-corrected chi connectivity index (χ2v) is 13.6. The maximum atomic E-state index is 12.5. The van der Waals surface area contributed by atoms with Crippen molar-refractivity contribution in [2.45, 2.75) is 131 Å². The minimum Gasteiger partial charge on any atom is -0.430 e. The molecule has 0 aliphatic heterocycles. The highest BCUT2D eigenvalue weighted by atomic mass is 17.2. The van der Waals surface area contributed by atoms with Gasteiger partial charge in [0.15, 0.2) is 0 Å². The molecule has 4 atom stereocenters. The third kappa shape index (κ3) is 14.3. The fourth-order valence-corrected chi connectivity index (χ4v) is 4.39. The van der Waals surface area contributed by atoms with Crippen molar-refractivity contribution in [3.8, 4) is 0 Å². The quantitative estimate of drug-likeness (QED) is 0.0244. The van der Waals surface area contributed by atoms with Gasteiger partial charge in [0.05, 0.1) is 0 Å². The molecule has 0 aromatic heterocycles. The van der Waals surface area contributed by atoms with Crippen LogP contribution in [0.1, 0.15) is 117 Å². The lowest BCUT2D eigenvalue weighted by Gasteiger charge is -2.25. The number of carbonyl (C=O) groups is 3. The lowest BCUT2D eigenvalue weighted by atomic mass is 9.94. The van der Waals surface area contributed by atoms with Gasteiger partial charge in [-0.3, -0.25) is 0 Å². The van der Waals surface area contributed by atoms with Crippen LogP contribution in [-0.2, 0) is 68.8 Å². The van der Waals surface area contributed by atoms with E-state index in [1.54, 1.807) is 27.7 Å². The predicted octanol–water partition coefficient (Wildman–Crippen LogP) is 8.68. The molecule has 2 aromatic rings. The van der Waals surface area contributed by atoms with E-state index in [0.717, 1.165) is 11.1 Å². The van der Waals surface area contributed by atoms with Crippen LogP contribution in [0.2, 0.25) is 0 Å². The molecule has 0 amide bonds. The first-order valence-corrected chi connectivity index (χ1v) is 17.0. The van der Waals surface area contributed by atoms with Crippen molar-refractivity contribution in [3.05, 3.63) is 95.5 Å². The van der Waals surface area contributed by atoms with Crippen LogP contribution in [0.3, 0.4) is 0 Å². The van der Waals surface area contributed by atoms with Crippen molar-refractivity contribution in [1.29, 1.82) is 0 Å². The Morgan fingerprint density at radius 1 is 0.500 bits per heavy atom. The van der Waals surface area contributed by atoms with Gasteiger partial charge in [-0.15, -0.1) is 0 Å². The molecule has 13 nitrogen and oxygen atoms in total. The van der Waals surface area contributed by atoms with Gasteiger partial charge in [0.1, 0.15) is 11.2 Å². The maximum Gasteiger partial charge on any atom is 0.512 e. The molecule has 4 unspecified atom stereocenters. The molecule has 0 spiro atoms. The summed E-state index contributed by atoms with van der Waals surface area (Å²) >= 11 is 0. The monoisotopic (exact) mass is 730 g/mol. The van der Waals surface area contributed by atoms with Gasteiger partial charge < -0.3 is 38.2 Å². The van der Waals surface area contributed by atoms with E-state index >= 15 is 0 Å². The topological polar surface area (TPSA) is 144 Å². The van der Waals surface area contributed by atoms with Crippen molar-refractivity contribution in [2.24, 2.45) is 0 Å². The number of rotatable bonds is 20. The lowest BCUT2D eigenvalue weighted by molar-refractivity contribution is -0.332. The van der Waals surface area contributed by atoms with Gasteiger partial charge in [-0.05, 0) is 103 Å². The molecule has 0 saturated carbocycles. The molecule has 2 aromatic carbocycles. The number of ether oxygens (including phenoxy) is 6. The molecule has 0 heterocycles. The Balaban J connectivity index is 1.71. The van der Waals surface area contributed by atoms with Crippen LogP contribution in [0.5, 0.6) is 0 Å².